The van der Waals surface area contributed by atoms with Crippen molar-refractivity contribution in [2.75, 3.05) is 6.61 Å². The van der Waals surface area contributed by atoms with Crippen LogP contribution < -0.4 is 10.2 Å². The lowest BCUT2D eigenvalue weighted by atomic mass is 9.78. The van der Waals surface area contributed by atoms with Gasteiger partial charge >= 0.3 is 7.12 Å². The van der Waals surface area contributed by atoms with Crippen LogP contribution in [-0.2, 0) is 9.31 Å². The number of carbonyl (C=O) groups is 1. The summed E-state index contributed by atoms with van der Waals surface area (Å²) in [5.41, 5.74) is 0.573. The lowest BCUT2D eigenvalue weighted by molar-refractivity contribution is 0.00578. The molecule has 22 heavy (non-hydrogen) atoms. The molecule has 1 aromatic carbocycles. The smallest absolute Gasteiger partial charge is 0.494 e. The van der Waals surface area contributed by atoms with Crippen LogP contribution in [0.5, 0.6) is 5.75 Å². The van der Waals surface area contributed by atoms with Gasteiger partial charge in [-0.05, 0) is 51.7 Å². The lowest BCUT2D eigenvalue weighted by Gasteiger charge is -2.32. The van der Waals surface area contributed by atoms with Crippen molar-refractivity contribution in [3.05, 3.63) is 23.8 Å². The van der Waals surface area contributed by atoms with E-state index >= 15 is 0 Å². The van der Waals surface area contributed by atoms with Crippen LogP contribution in [0.1, 0.15) is 57.8 Å². The standard InChI is InChI=1S/C17H25BO4/c1-6-7-8-20-15-10-13(12-19)9-14(11-15)18-21-16(2,3)17(4,5)22-18/h9-12H,6-8H2,1-5H3. The van der Waals surface area contributed by atoms with E-state index in [1.165, 1.54) is 0 Å². The van der Waals surface area contributed by atoms with Crippen LogP contribution in [0, 0.1) is 0 Å². The first kappa shape index (κ1) is 17.0. The molecule has 0 bridgehead atoms. The maximum atomic E-state index is 11.2. The minimum absolute atomic E-state index is 0.405. The van der Waals surface area contributed by atoms with Crippen molar-refractivity contribution in [1.82, 2.24) is 0 Å². The van der Waals surface area contributed by atoms with Crippen molar-refractivity contribution in [3.63, 3.8) is 0 Å². The quantitative estimate of drug-likeness (QED) is 0.460. The third kappa shape index (κ3) is 3.53. The predicted molar refractivity (Wildman–Crippen MR) is 87.9 cm³/mol. The second-order valence-corrected chi connectivity index (χ2v) is 6.74. The van der Waals surface area contributed by atoms with Gasteiger partial charge in [-0.2, -0.15) is 0 Å². The summed E-state index contributed by atoms with van der Waals surface area (Å²) in [5.74, 6) is 0.683. The highest BCUT2D eigenvalue weighted by atomic mass is 16.7. The molecule has 0 unspecified atom stereocenters. The molecule has 4 nitrogen and oxygen atoms in total. The van der Waals surface area contributed by atoms with E-state index in [2.05, 4.69) is 6.92 Å². The molecule has 1 aliphatic rings. The summed E-state index contributed by atoms with van der Waals surface area (Å²) >= 11 is 0. The highest BCUT2D eigenvalue weighted by Gasteiger charge is 2.51. The van der Waals surface area contributed by atoms with Gasteiger partial charge in [-0.3, -0.25) is 4.79 Å². The average Bonchev–Trinajstić information content (AvgIpc) is 2.67. The van der Waals surface area contributed by atoms with Crippen molar-refractivity contribution in [2.24, 2.45) is 0 Å². The van der Waals surface area contributed by atoms with Gasteiger partial charge in [0.25, 0.3) is 0 Å². The molecule has 1 aromatic rings. The fourth-order valence-corrected chi connectivity index (χ4v) is 2.25. The van der Waals surface area contributed by atoms with E-state index in [1.807, 2.05) is 33.8 Å². The molecule has 1 aliphatic heterocycles. The van der Waals surface area contributed by atoms with Crippen LogP contribution in [0.25, 0.3) is 0 Å². The molecule has 0 aliphatic carbocycles. The number of benzene rings is 1. The first-order valence-electron chi connectivity index (χ1n) is 7.87. The highest BCUT2D eigenvalue weighted by molar-refractivity contribution is 6.62. The van der Waals surface area contributed by atoms with Gasteiger partial charge in [-0.25, -0.2) is 0 Å². The molecule has 0 radical (unpaired) electrons. The monoisotopic (exact) mass is 304 g/mol. The van der Waals surface area contributed by atoms with Gasteiger partial charge in [-0.15, -0.1) is 0 Å². The van der Waals surface area contributed by atoms with E-state index in [0.29, 0.717) is 17.9 Å². The van der Waals surface area contributed by atoms with Crippen molar-refractivity contribution in [1.29, 1.82) is 0 Å². The van der Waals surface area contributed by atoms with E-state index in [-0.39, 0.29) is 0 Å². The topological polar surface area (TPSA) is 44.8 Å². The molecular weight excluding hydrogens is 279 g/mol. The predicted octanol–water partition coefficient (Wildman–Crippen LogP) is 2.98. The largest absolute Gasteiger partial charge is 0.494 e. The summed E-state index contributed by atoms with van der Waals surface area (Å²) in [6.45, 7) is 10.8. The van der Waals surface area contributed by atoms with Gasteiger partial charge in [0, 0.05) is 5.56 Å². The van der Waals surface area contributed by atoms with Gasteiger partial charge in [-0.1, -0.05) is 19.4 Å². The Morgan fingerprint density at radius 2 is 1.77 bits per heavy atom. The first-order chi connectivity index (χ1) is 10.3. The number of hydrogen-bond acceptors (Lipinski definition) is 4. The minimum Gasteiger partial charge on any atom is -0.494 e. The Hall–Kier alpha value is -1.33. The second-order valence-electron chi connectivity index (χ2n) is 6.74. The molecule has 2 rings (SSSR count). The third-order valence-corrected chi connectivity index (χ3v) is 4.38. The number of unbranched alkanes of at least 4 members (excludes halogenated alkanes) is 1. The Morgan fingerprint density at radius 1 is 1.14 bits per heavy atom. The van der Waals surface area contributed by atoms with Crippen LogP contribution in [-0.4, -0.2) is 31.2 Å². The number of hydrogen-bond donors (Lipinski definition) is 0. The minimum atomic E-state index is -0.488. The number of carbonyl (C=O) groups excluding carboxylic acids is 1. The molecule has 1 fully saturated rings. The second kappa shape index (κ2) is 6.43. The normalized spacial score (nSPS) is 19.2. The molecule has 120 valence electrons. The van der Waals surface area contributed by atoms with Crippen LogP contribution in [0.3, 0.4) is 0 Å². The lowest BCUT2D eigenvalue weighted by Crippen LogP contribution is -2.41. The molecule has 0 atom stereocenters. The Kier molecular flexibility index (Phi) is 4.98. The molecule has 0 spiro atoms. The fraction of sp³-hybridized carbons (Fsp3) is 0.588. The number of aldehydes is 1. The zero-order valence-corrected chi connectivity index (χ0v) is 14.1. The van der Waals surface area contributed by atoms with Gasteiger partial charge in [0.2, 0.25) is 0 Å². The average molecular weight is 304 g/mol. The van der Waals surface area contributed by atoms with Crippen molar-refractivity contribution in [2.45, 2.75) is 58.7 Å². The van der Waals surface area contributed by atoms with Crippen molar-refractivity contribution < 1.29 is 18.8 Å². The maximum Gasteiger partial charge on any atom is 0.494 e. The first-order valence-corrected chi connectivity index (χ1v) is 7.87. The highest BCUT2D eigenvalue weighted by Crippen LogP contribution is 2.36. The zero-order chi connectivity index (χ0) is 16.4. The van der Waals surface area contributed by atoms with Gasteiger partial charge in [0.1, 0.15) is 12.0 Å². The van der Waals surface area contributed by atoms with Crippen molar-refractivity contribution in [3.8, 4) is 5.75 Å². The van der Waals surface area contributed by atoms with Gasteiger partial charge < -0.3 is 14.0 Å². The van der Waals surface area contributed by atoms with E-state index < -0.39 is 18.3 Å². The van der Waals surface area contributed by atoms with Crippen molar-refractivity contribution >= 4 is 18.9 Å². The number of rotatable bonds is 6. The SMILES string of the molecule is CCCCOc1cc(C=O)cc(B2OC(C)(C)C(C)(C)O2)c1. The molecule has 0 aromatic heterocycles. The third-order valence-electron chi connectivity index (χ3n) is 4.38. The summed E-state index contributed by atoms with van der Waals surface area (Å²) in [6, 6.07) is 5.43. The number of ether oxygens (including phenoxy) is 1. The Morgan fingerprint density at radius 3 is 2.32 bits per heavy atom. The van der Waals surface area contributed by atoms with E-state index in [9.17, 15) is 4.79 Å². The fourth-order valence-electron chi connectivity index (χ4n) is 2.25. The zero-order valence-electron chi connectivity index (χ0n) is 14.1. The molecule has 0 amide bonds. The maximum absolute atomic E-state index is 11.2. The van der Waals surface area contributed by atoms with E-state index in [0.717, 1.165) is 24.6 Å². The Labute approximate surface area is 133 Å². The summed E-state index contributed by atoms with van der Waals surface area (Å²) in [4.78, 5) is 11.2. The summed E-state index contributed by atoms with van der Waals surface area (Å²) in [6.07, 6.45) is 2.87. The molecule has 1 heterocycles. The van der Waals surface area contributed by atoms with Crippen LogP contribution in [0.4, 0.5) is 0 Å². The van der Waals surface area contributed by atoms with Crippen LogP contribution >= 0.6 is 0 Å². The summed E-state index contributed by atoms with van der Waals surface area (Å²) in [5, 5.41) is 0. The van der Waals surface area contributed by atoms with Gasteiger partial charge in [0.05, 0.1) is 17.8 Å². The Bertz CT molecular complexity index is 523. The molecule has 0 saturated carbocycles. The summed E-state index contributed by atoms with van der Waals surface area (Å²) in [7, 11) is -0.488. The molecule has 5 heteroatoms. The molecule has 0 N–H and O–H groups in total. The van der Waals surface area contributed by atoms with Crippen LogP contribution in [0.2, 0.25) is 0 Å². The summed E-state index contributed by atoms with van der Waals surface area (Å²) < 4.78 is 17.8. The molecule has 1 saturated heterocycles. The van der Waals surface area contributed by atoms with E-state index in [4.69, 9.17) is 14.0 Å². The van der Waals surface area contributed by atoms with Crippen LogP contribution in [0.15, 0.2) is 18.2 Å². The molecular formula is C17H25BO4. The Balaban J connectivity index is 2.24. The van der Waals surface area contributed by atoms with Gasteiger partial charge in [0.15, 0.2) is 0 Å². The van der Waals surface area contributed by atoms with E-state index in [1.54, 1.807) is 12.1 Å².